The third kappa shape index (κ3) is 5.44. The number of furan rings is 1. The van der Waals surface area contributed by atoms with E-state index in [0.29, 0.717) is 0 Å². The second kappa shape index (κ2) is 13.8. The van der Waals surface area contributed by atoms with Crippen LogP contribution in [0.4, 0.5) is 17.1 Å². The topological polar surface area (TPSA) is 21.3 Å². The van der Waals surface area contributed by atoms with Crippen molar-refractivity contribution in [3.05, 3.63) is 218 Å². The molecule has 4 heteroatoms. The lowest BCUT2D eigenvalue weighted by molar-refractivity contribution is 0.672. The van der Waals surface area contributed by atoms with Crippen molar-refractivity contribution in [2.45, 2.75) is 0 Å². The Morgan fingerprint density at radius 1 is 0.387 bits per heavy atom. The minimum Gasteiger partial charge on any atom is -0.455 e. The fourth-order valence-corrected chi connectivity index (χ4v) is 10.9. The summed E-state index contributed by atoms with van der Waals surface area (Å²) in [6.07, 6.45) is 0. The van der Waals surface area contributed by atoms with E-state index >= 15 is 0 Å². The van der Waals surface area contributed by atoms with Crippen molar-refractivity contribution < 1.29 is 4.42 Å². The van der Waals surface area contributed by atoms with Gasteiger partial charge in [0.1, 0.15) is 11.2 Å². The third-order valence-electron chi connectivity index (χ3n) is 12.5. The van der Waals surface area contributed by atoms with Gasteiger partial charge in [0.15, 0.2) is 0 Å². The number of anilines is 3. The van der Waals surface area contributed by atoms with Gasteiger partial charge >= 0.3 is 0 Å². The molecule has 0 fully saturated rings. The molecule has 0 atom stereocenters. The first-order valence-electron chi connectivity index (χ1n) is 21.1. The minimum atomic E-state index is 0.863. The van der Waals surface area contributed by atoms with Crippen LogP contribution in [0.3, 0.4) is 0 Å². The van der Waals surface area contributed by atoms with Crippen LogP contribution in [0.1, 0.15) is 0 Å². The van der Waals surface area contributed by atoms with Crippen molar-refractivity contribution in [1.29, 1.82) is 0 Å². The maximum atomic E-state index is 6.76. The average Bonchev–Trinajstić information content (AvgIpc) is 4.02. The zero-order valence-electron chi connectivity index (χ0n) is 33.5. The molecular weight excluding hydrogens is 773 g/mol. The first-order valence-corrected chi connectivity index (χ1v) is 21.9. The molecule has 0 N–H and O–H groups in total. The van der Waals surface area contributed by atoms with Gasteiger partial charge in [-0.2, -0.15) is 0 Å². The molecule has 0 spiro atoms. The van der Waals surface area contributed by atoms with E-state index in [4.69, 9.17) is 4.42 Å². The highest BCUT2D eigenvalue weighted by Gasteiger charge is 2.22. The SMILES string of the molecule is c1ccc(-n2c3ccccc3c3cc(-c4cccc(N(c5cccc(-c6ccc7c(c6)sc6ccccc67)c5)c5cccc6oc7c8ccccc8ccc7c56)c4)ccc32)cc1. The first-order chi connectivity index (χ1) is 30.7. The molecule has 10 aromatic carbocycles. The number of rotatable bonds is 6. The van der Waals surface area contributed by atoms with Crippen LogP contribution in [-0.2, 0) is 0 Å². The van der Waals surface area contributed by atoms with Gasteiger partial charge in [-0.3, -0.25) is 0 Å². The Balaban J connectivity index is 1.01. The van der Waals surface area contributed by atoms with Gasteiger partial charge in [0, 0.05) is 58.8 Å². The molecule has 0 saturated carbocycles. The van der Waals surface area contributed by atoms with Gasteiger partial charge in [-0.1, -0.05) is 133 Å². The largest absolute Gasteiger partial charge is 0.455 e. The van der Waals surface area contributed by atoms with Crippen molar-refractivity contribution >= 4 is 103 Å². The lowest BCUT2D eigenvalue weighted by Gasteiger charge is -2.27. The van der Waals surface area contributed by atoms with Gasteiger partial charge in [0.05, 0.1) is 22.1 Å². The molecule has 62 heavy (non-hydrogen) atoms. The summed E-state index contributed by atoms with van der Waals surface area (Å²) in [6.45, 7) is 0. The van der Waals surface area contributed by atoms with Crippen LogP contribution >= 0.6 is 11.3 Å². The lowest BCUT2D eigenvalue weighted by atomic mass is 10.00. The van der Waals surface area contributed by atoms with Crippen LogP contribution in [0.15, 0.2) is 223 Å². The number of benzene rings is 10. The average molecular weight is 809 g/mol. The van der Waals surface area contributed by atoms with E-state index in [9.17, 15) is 0 Å². The van der Waals surface area contributed by atoms with Crippen molar-refractivity contribution in [1.82, 2.24) is 4.57 Å². The second-order valence-electron chi connectivity index (χ2n) is 16.1. The molecule has 0 aliphatic carbocycles. The fourth-order valence-electron chi connectivity index (χ4n) is 9.71. The van der Waals surface area contributed by atoms with Gasteiger partial charge in [0.25, 0.3) is 0 Å². The molecule has 0 bridgehead atoms. The molecule has 290 valence electrons. The Labute approximate surface area is 361 Å². The predicted octanol–water partition coefficient (Wildman–Crippen LogP) is 17.0. The molecule has 0 aliphatic rings. The highest BCUT2D eigenvalue weighted by molar-refractivity contribution is 7.25. The molecular formula is C58H36N2OS. The minimum absolute atomic E-state index is 0.863. The Kier molecular flexibility index (Phi) is 7.78. The van der Waals surface area contributed by atoms with E-state index in [-0.39, 0.29) is 0 Å². The zero-order valence-corrected chi connectivity index (χ0v) is 34.3. The maximum Gasteiger partial charge on any atom is 0.143 e. The molecule has 3 aromatic heterocycles. The summed E-state index contributed by atoms with van der Waals surface area (Å²) in [5.74, 6) is 0. The van der Waals surface area contributed by atoms with Gasteiger partial charge in [-0.25, -0.2) is 0 Å². The van der Waals surface area contributed by atoms with Crippen LogP contribution in [0, 0.1) is 0 Å². The second-order valence-corrected chi connectivity index (χ2v) is 17.2. The fraction of sp³-hybridized carbons (Fsp3) is 0. The number of thiophene rings is 1. The molecule has 13 aromatic rings. The maximum absolute atomic E-state index is 6.76. The summed E-state index contributed by atoms with van der Waals surface area (Å²) in [5, 5.41) is 9.55. The molecule has 13 rings (SSSR count). The molecule has 0 unspecified atom stereocenters. The number of aromatic nitrogens is 1. The van der Waals surface area contributed by atoms with E-state index in [1.54, 1.807) is 0 Å². The van der Waals surface area contributed by atoms with Crippen LogP contribution in [0.2, 0.25) is 0 Å². The number of para-hydroxylation sites is 2. The van der Waals surface area contributed by atoms with Gasteiger partial charge in [-0.15, -0.1) is 11.3 Å². The van der Waals surface area contributed by atoms with Gasteiger partial charge in [-0.05, 0) is 113 Å². The number of nitrogens with zero attached hydrogens (tertiary/aromatic N) is 2. The van der Waals surface area contributed by atoms with Crippen LogP contribution in [0.25, 0.3) is 103 Å². The highest BCUT2D eigenvalue weighted by Crippen LogP contribution is 2.46. The summed E-state index contributed by atoms with van der Waals surface area (Å²) in [4.78, 5) is 2.41. The van der Waals surface area contributed by atoms with Crippen LogP contribution in [0.5, 0.6) is 0 Å². The first kappa shape index (κ1) is 34.9. The quantitative estimate of drug-likeness (QED) is 0.167. The molecule has 3 nitrogen and oxygen atoms in total. The number of hydrogen-bond donors (Lipinski definition) is 0. The Morgan fingerprint density at radius 3 is 1.85 bits per heavy atom. The molecule has 0 amide bonds. The number of hydrogen-bond acceptors (Lipinski definition) is 3. The highest BCUT2D eigenvalue weighted by atomic mass is 32.1. The Morgan fingerprint density at radius 2 is 1.02 bits per heavy atom. The Hall–Kier alpha value is -7.92. The number of fused-ring (bicyclic) bond motifs is 11. The molecule has 0 aliphatic heterocycles. The summed E-state index contributed by atoms with van der Waals surface area (Å²) in [7, 11) is 0. The smallest absolute Gasteiger partial charge is 0.143 e. The summed E-state index contributed by atoms with van der Waals surface area (Å²) in [6, 6.07) is 79.2. The molecule has 0 saturated heterocycles. The van der Waals surface area contributed by atoms with Gasteiger partial charge < -0.3 is 13.9 Å². The summed E-state index contributed by atoms with van der Waals surface area (Å²) in [5.41, 5.74) is 13.2. The van der Waals surface area contributed by atoms with E-state index in [2.05, 4.69) is 228 Å². The van der Waals surface area contributed by atoms with E-state index in [0.717, 1.165) is 61.0 Å². The third-order valence-corrected chi connectivity index (χ3v) is 13.7. The van der Waals surface area contributed by atoms with Crippen molar-refractivity contribution in [2.75, 3.05) is 4.90 Å². The summed E-state index contributed by atoms with van der Waals surface area (Å²) >= 11 is 1.86. The van der Waals surface area contributed by atoms with Crippen LogP contribution in [-0.4, -0.2) is 4.57 Å². The van der Waals surface area contributed by atoms with Crippen molar-refractivity contribution in [3.63, 3.8) is 0 Å². The molecule has 0 radical (unpaired) electrons. The zero-order chi connectivity index (χ0) is 40.7. The van der Waals surface area contributed by atoms with Crippen molar-refractivity contribution in [2.24, 2.45) is 0 Å². The van der Waals surface area contributed by atoms with E-state index in [1.165, 1.54) is 58.7 Å². The van der Waals surface area contributed by atoms with Crippen molar-refractivity contribution in [3.8, 4) is 27.9 Å². The predicted molar refractivity (Wildman–Crippen MR) is 264 cm³/mol. The lowest BCUT2D eigenvalue weighted by Crippen LogP contribution is -2.10. The van der Waals surface area contributed by atoms with Gasteiger partial charge in [0.2, 0.25) is 0 Å². The monoisotopic (exact) mass is 808 g/mol. The van der Waals surface area contributed by atoms with Crippen LogP contribution < -0.4 is 4.90 Å². The van der Waals surface area contributed by atoms with E-state index < -0.39 is 0 Å². The molecule has 3 heterocycles. The summed E-state index contributed by atoms with van der Waals surface area (Å²) < 4.78 is 11.7. The standard InChI is InChI=1S/C58H36N2OS/c1-2-16-42(17-3-1)60-51-23-8-6-21-46(51)50-35-40(29-32-52(50)60)38-14-10-18-43(33-38)59(53-24-12-25-54-57(53)49-31-27-37-13-4-5-20-45(37)58(49)61-54)44-19-11-15-39(34-44)41-28-30-48-47-22-7-9-26-55(47)62-56(48)36-41/h1-36H. The normalized spacial score (nSPS) is 11.9. The Bertz CT molecular complexity index is 3890. The van der Waals surface area contributed by atoms with E-state index in [1.807, 2.05) is 11.3 Å².